The maximum Gasteiger partial charge on any atom is 0.348 e. The lowest BCUT2D eigenvalue weighted by Crippen LogP contribution is -2.03. The number of nitrogens with zero attached hydrogens (tertiary/aromatic N) is 2. The topological polar surface area (TPSA) is 44.1 Å². The van der Waals surface area contributed by atoms with Gasteiger partial charge in [-0.3, -0.25) is 0 Å². The quantitative estimate of drug-likeness (QED) is 0.443. The molecule has 2 aromatic heterocycles. The van der Waals surface area contributed by atoms with Crippen molar-refractivity contribution in [2.24, 2.45) is 0 Å². The van der Waals surface area contributed by atoms with Gasteiger partial charge in [0.15, 0.2) is 0 Å². The standard InChI is InChI=1S/C20H15ClN2O2S/c1-13-16-11-18(20(24)25-12-14-7-5-6-10-17(14)21)26-19(16)23(22-13)15-8-3-2-4-9-15/h2-11H,12H2,1H3. The van der Waals surface area contributed by atoms with E-state index in [1.54, 1.807) is 6.07 Å². The van der Waals surface area contributed by atoms with Crippen molar-refractivity contribution in [3.05, 3.63) is 81.8 Å². The van der Waals surface area contributed by atoms with Crippen LogP contribution < -0.4 is 0 Å². The van der Waals surface area contributed by atoms with Crippen molar-refractivity contribution < 1.29 is 9.53 Å². The van der Waals surface area contributed by atoms with Crippen LogP contribution in [0.15, 0.2) is 60.7 Å². The molecule has 0 spiro atoms. The molecule has 0 aliphatic carbocycles. The minimum Gasteiger partial charge on any atom is -0.457 e. The minimum absolute atomic E-state index is 0.149. The number of benzene rings is 2. The first kappa shape index (κ1) is 16.8. The van der Waals surface area contributed by atoms with Crippen LogP contribution in [0.1, 0.15) is 20.9 Å². The molecule has 0 bridgehead atoms. The van der Waals surface area contributed by atoms with Crippen molar-refractivity contribution in [3.63, 3.8) is 0 Å². The number of carbonyl (C=O) groups is 1. The van der Waals surface area contributed by atoms with Gasteiger partial charge >= 0.3 is 5.97 Å². The SMILES string of the molecule is Cc1nn(-c2ccccc2)c2sc(C(=O)OCc3ccccc3Cl)cc12. The number of halogens is 1. The number of aryl methyl sites for hydroxylation is 1. The van der Waals surface area contributed by atoms with E-state index in [4.69, 9.17) is 16.3 Å². The molecule has 4 rings (SSSR count). The van der Waals surface area contributed by atoms with Gasteiger partial charge in [-0.2, -0.15) is 5.10 Å². The van der Waals surface area contributed by atoms with E-state index in [1.165, 1.54) is 11.3 Å². The summed E-state index contributed by atoms with van der Waals surface area (Å²) in [6.07, 6.45) is 0. The Hall–Kier alpha value is -2.63. The number of thiophene rings is 1. The van der Waals surface area contributed by atoms with E-state index in [9.17, 15) is 4.79 Å². The molecule has 0 saturated carbocycles. The Morgan fingerprint density at radius 2 is 1.88 bits per heavy atom. The summed E-state index contributed by atoms with van der Waals surface area (Å²) in [4.78, 5) is 14.0. The number of fused-ring (bicyclic) bond motifs is 1. The van der Waals surface area contributed by atoms with Crippen molar-refractivity contribution in [1.82, 2.24) is 9.78 Å². The highest BCUT2D eigenvalue weighted by Crippen LogP contribution is 2.31. The van der Waals surface area contributed by atoms with Gasteiger partial charge in [0.25, 0.3) is 0 Å². The maximum atomic E-state index is 12.5. The highest BCUT2D eigenvalue weighted by atomic mass is 35.5. The number of rotatable bonds is 4. The van der Waals surface area contributed by atoms with E-state index in [0.717, 1.165) is 27.2 Å². The average molecular weight is 383 g/mol. The van der Waals surface area contributed by atoms with Crippen LogP contribution in [0.4, 0.5) is 0 Å². The Bertz CT molecular complexity index is 1090. The largest absolute Gasteiger partial charge is 0.457 e. The number of aromatic nitrogens is 2. The third kappa shape index (κ3) is 3.11. The second-order valence-electron chi connectivity index (χ2n) is 5.83. The summed E-state index contributed by atoms with van der Waals surface area (Å²) in [5.41, 5.74) is 2.63. The normalized spacial score (nSPS) is 11.0. The average Bonchev–Trinajstić information content (AvgIpc) is 3.22. The zero-order valence-corrected chi connectivity index (χ0v) is 15.6. The summed E-state index contributed by atoms with van der Waals surface area (Å²) in [6.45, 7) is 2.09. The molecule has 4 nitrogen and oxygen atoms in total. The first-order valence-electron chi connectivity index (χ1n) is 8.08. The molecule has 0 unspecified atom stereocenters. The molecule has 0 atom stereocenters. The molecule has 26 heavy (non-hydrogen) atoms. The summed E-state index contributed by atoms with van der Waals surface area (Å²) in [6, 6.07) is 19.0. The van der Waals surface area contributed by atoms with E-state index in [2.05, 4.69) is 5.10 Å². The number of para-hydroxylation sites is 1. The molecule has 0 saturated heterocycles. The van der Waals surface area contributed by atoms with Crippen LogP contribution in [-0.2, 0) is 11.3 Å². The molecule has 0 aliphatic rings. The Morgan fingerprint density at radius 3 is 2.65 bits per heavy atom. The first-order valence-corrected chi connectivity index (χ1v) is 9.28. The molecule has 2 aromatic carbocycles. The molecule has 0 amide bonds. The highest BCUT2D eigenvalue weighted by Gasteiger charge is 2.18. The van der Waals surface area contributed by atoms with Crippen molar-refractivity contribution >= 4 is 39.1 Å². The van der Waals surface area contributed by atoms with Gasteiger partial charge in [0, 0.05) is 16.0 Å². The second-order valence-corrected chi connectivity index (χ2v) is 7.27. The van der Waals surface area contributed by atoms with E-state index in [1.807, 2.05) is 66.2 Å². The predicted molar refractivity (Wildman–Crippen MR) is 104 cm³/mol. The maximum absolute atomic E-state index is 12.5. The van der Waals surface area contributed by atoms with Crippen LogP contribution in [0.25, 0.3) is 15.9 Å². The van der Waals surface area contributed by atoms with Gasteiger partial charge < -0.3 is 4.74 Å². The summed E-state index contributed by atoms with van der Waals surface area (Å²) < 4.78 is 7.30. The van der Waals surface area contributed by atoms with Crippen molar-refractivity contribution in [3.8, 4) is 5.69 Å². The molecule has 4 aromatic rings. The van der Waals surface area contributed by atoms with Gasteiger partial charge in [-0.25, -0.2) is 9.48 Å². The Kier molecular flexibility index (Phi) is 4.49. The molecule has 0 fully saturated rings. The summed E-state index contributed by atoms with van der Waals surface area (Å²) in [5, 5.41) is 6.13. The monoisotopic (exact) mass is 382 g/mol. The molecule has 130 valence electrons. The number of carbonyl (C=O) groups excluding carboxylic acids is 1. The first-order chi connectivity index (χ1) is 12.6. The zero-order valence-electron chi connectivity index (χ0n) is 14.0. The highest BCUT2D eigenvalue weighted by molar-refractivity contribution is 7.20. The molecule has 6 heteroatoms. The molecule has 0 aliphatic heterocycles. The van der Waals surface area contributed by atoms with Gasteiger partial charge in [-0.1, -0.05) is 48.0 Å². The van der Waals surface area contributed by atoms with E-state index >= 15 is 0 Å². The molecule has 2 heterocycles. The third-order valence-corrected chi connectivity index (χ3v) is 5.52. The Labute approximate surface area is 159 Å². The molecule has 0 N–H and O–H groups in total. The van der Waals surface area contributed by atoms with E-state index in [-0.39, 0.29) is 12.6 Å². The molecule has 0 radical (unpaired) electrons. The lowest BCUT2D eigenvalue weighted by molar-refractivity contribution is 0.0479. The van der Waals surface area contributed by atoms with Crippen LogP contribution >= 0.6 is 22.9 Å². The van der Waals surface area contributed by atoms with Gasteiger partial charge in [0.05, 0.1) is 11.4 Å². The molecular formula is C20H15ClN2O2S. The van der Waals surface area contributed by atoms with Crippen molar-refractivity contribution in [2.45, 2.75) is 13.5 Å². The van der Waals surface area contributed by atoms with Gasteiger partial charge in [0.1, 0.15) is 16.3 Å². The van der Waals surface area contributed by atoms with Gasteiger partial charge in [-0.15, -0.1) is 11.3 Å². The fourth-order valence-electron chi connectivity index (χ4n) is 2.72. The van der Waals surface area contributed by atoms with Crippen LogP contribution in [0.3, 0.4) is 0 Å². The second kappa shape index (κ2) is 6.94. The van der Waals surface area contributed by atoms with Gasteiger partial charge in [-0.05, 0) is 31.2 Å². The number of ether oxygens (including phenoxy) is 1. The number of hydrogen-bond acceptors (Lipinski definition) is 4. The van der Waals surface area contributed by atoms with Crippen molar-refractivity contribution in [2.75, 3.05) is 0 Å². The van der Waals surface area contributed by atoms with E-state index in [0.29, 0.717) is 9.90 Å². The van der Waals surface area contributed by atoms with Crippen LogP contribution in [0.5, 0.6) is 0 Å². The summed E-state index contributed by atoms with van der Waals surface area (Å²) in [7, 11) is 0. The van der Waals surface area contributed by atoms with Crippen LogP contribution in [0, 0.1) is 6.92 Å². The fraction of sp³-hybridized carbons (Fsp3) is 0.100. The number of esters is 1. The van der Waals surface area contributed by atoms with Gasteiger partial charge in [0.2, 0.25) is 0 Å². The molecular weight excluding hydrogens is 368 g/mol. The van der Waals surface area contributed by atoms with Crippen LogP contribution in [-0.4, -0.2) is 15.7 Å². The lowest BCUT2D eigenvalue weighted by atomic mass is 10.2. The Balaban J connectivity index is 1.61. The minimum atomic E-state index is -0.356. The Morgan fingerprint density at radius 1 is 1.15 bits per heavy atom. The van der Waals surface area contributed by atoms with Crippen LogP contribution in [0.2, 0.25) is 5.02 Å². The summed E-state index contributed by atoms with van der Waals surface area (Å²) in [5.74, 6) is -0.356. The third-order valence-electron chi connectivity index (χ3n) is 4.06. The van der Waals surface area contributed by atoms with Crippen molar-refractivity contribution in [1.29, 1.82) is 0 Å². The summed E-state index contributed by atoms with van der Waals surface area (Å²) >= 11 is 7.49. The smallest absolute Gasteiger partial charge is 0.348 e. The lowest BCUT2D eigenvalue weighted by Gasteiger charge is -2.05. The van der Waals surface area contributed by atoms with E-state index < -0.39 is 0 Å². The zero-order chi connectivity index (χ0) is 18.1. The predicted octanol–water partition coefficient (Wildman–Crippen LogP) is 5.41. The fourth-order valence-corrected chi connectivity index (χ4v) is 3.99. The number of hydrogen-bond donors (Lipinski definition) is 0.